The number of nitrogens with zero attached hydrogens (tertiary/aromatic N) is 6. The minimum Gasteiger partial charge on any atom is -0.442 e. The number of rotatable bonds is 4. The summed E-state index contributed by atoms with van der Waals surface area (Å²) in [6.45, 7) is 1.55. The number of carbonyl (C=O) groups is 1. The number of anilines is 1. The molecule has 3 fully saturated rings. The van der Waals surface area contributed by atoms with E-state index in [9.17, 15) is 10.1 Å². The summed E-state index contributed by atoms with van der Waals surface area (Å²) in [5.41, 5.74) is 2.61. The molecule has 4 atom stereocenters. The third kappa shape index (κ3) is 2.56. The molecule has 9 nitrogen and oxygen atoms in total. The number of cyclic esters (lactones) is 1. The highest BCUT2D eigenvalue weighted by atomic mass is 19.1. The fourth-order valence-corrected chi connectivity index (χ4v) is 5.94. The lowest BCUT2D eigenvalue weighted by Gasteiger charge is -2.16. The Morgan fingerprint density at radius 2 is 2.12 bits per heavy atom. The number of amides is 1. The van der Waals surface area contributed by atoms with E-state index in [-0.39, 0.29) is 17.9 Å². The molecule has 7 rings (SSSR count). The minimum atomic E-state index is -0.586. The summed E-state index contributed by atoms with van der Waals surface area (Å²) in [7, 11) is 0. The Balaban J connectivity index is 1.18. The molecule has 0 bridgehead atoms. The van der Waals surface area contributed by atoms with Crippen LogP contribution in [-0.2, 0) is 27.9 Å². The number of hydrogen-bond acceptors (Lipinski definition) is 7. The fraction of sp³-hybridized carbons (Fsp3) is 0.375. The van der Waals surface area contributed by atoms with Crippen molar-refractivity contribution in [2.24, 2.45) is 11.8 Å². The first-order valence-electron chi connectivity index (χ1n) is 11.2. The van der Waals surface area contributed by atoms with E-state index in [0.29, 0.717) is 43.0 Å². The third-order valence-corrected chi connectivity index (χ3v) is 7.73. The average molecular weight is 458 g/mol. The first kappa shape index (κ1) is 19.6. The molecule has 1 aromatic carbocycles. The van der Waals surface area contributed by atoms with Gasteiger partial charge >= 0.3 is 6.09 Å². The predicted octanol–water partition coefficient (Wildman–Crippen LogP) is 2.47. The third-order valence-electron chi connectivity index (χ3n) is 7.73. The van der Waals surface area contributed by atoms with Crippen molar-refractivity contribution >= 4 is 11.8 Å². The second-order valence-electron chi connectivity index (χ2n) is 9.31. The molecule has 10 heteroatoms. The highest BCUT2D eigenvalue weighted by molar-refractivity contribution is 5.94. The van der Waals surface area contributed by atoms with Crippen LogP contribution in [0.5, 0.6) is 0 Å². The molecule has 3 aliphatic heterocycles. The number of halogens is 1. The van der Waals surface area contributed by atoms with Gasteiger partial charge in [-0.05, 0) is 30.2 Å². The lowest BCUT2D eigenvalue weighted by Crippen LogP contribution is -2.35. The van der Waals surface area contributed by atoms with E-state index in [4.69, 9.17) is 9.47 Å². The molecular weight excluding hydrogens is 439 g/mol. The number of nitriles is 1. The molecule has 5 heterocycles. The smallest absolute Gasteiger partial charge is 0.415 e. The Labute approximate surface area is 193 Å². The van der Waals surface area contributed by atoms with Crippen molar-refractivity contribution in [2.75, 3.05) is 18.1 Å². The number of hydrogen-bond donors (Lipinski definition) is 0. The van der Waals surface area contributed by atoms with Crippen molar-refractivity contribution in [3.63, 3.8) is 0 Å². The quantitative estimate of drug-likeness (QED) is 0.591. The molecule has 2 saturated heterocycles. The van der Waals surface area contributed by atoms with Crippen LogP contribution in [0.4, 0.5) is 14.9 Å². The molecule has 3 aromatic rings. The van der Waals surface area contributed by atoms with Crippen molar-refractivity contribution in [1.29, 1.82) is 5.26 Å². The summed E-state index contributed by atoms with van der Waals surface area (Å²) >= 11 is 0. The monoisotopic (exact) mass is 458 g/mol. The predicted molar refractivity (Wildman–Crippen MR) is 115 cm³/mol. The van der Waals surface area contributed by atoms with Crippen LogP contribution in [-0.4, -0.2) is 51.4 Å². The van der Waals surface area contributed by atoms with Crippen LogP contribution >= 0.6 is 0 Å². The molecule has 170 valence electrons. The Bertz CT molecular complexity index is 1340. The summed E-state index contributed by atoms with van der Waals surface area (Å²) in [4.78, 5) is 18.7. The molecule has 3 unspecified atom stereocenters. The van der Waals surface area contributed by atoms with Crippen LogP contribution in [0, 0.1) is 29.0 Å². The summed E-state index contributed by atoms with van der Waals surface area (Å²) in [6.07, 6.45) is 4.59. The van der Waals surface area contributed by atoms with Crippen LogP contribution in [0.15, 0.2) is 42.9 Å². The van der Waals surface area contributed by atoms with Gasteiger partial charge in [0.05, 0.1) is 49.4 Å². The molecule has 0 radical (unpaired) electrons. The Hall–Kier alpha value is -3.84. The lowest BCUT2D eigenvalue weighted by molar-refractivity contribution is 0.117. The van der Waals surface area contributed by atoms with Gasteiger partial charge in [0.25, 0.3) is 0 Å². The van der Waals surface area contributed by atoms with Crippen LogP contribution < -0.4 is 4.90 Å². The van der Waals surface area contributed by atoms with Crippen molar-refractivity contribution in [3.05, 3.63) is 59.9 Å². The van der Waals surface area contributed by atoms with Crippen LogP contribution in [0.3, 0.4) is 0 Å². The number of pyridine rings is 1. The Morgan fingerprint density at radius 3 is 2.82 bits per heavy atom. The second-order valence-corrected chi connectivity index (χ2v) is 9.31. The fourth-order valence-electron chi connectivity index (χ4n) is 5.94. The van der Waals surface area contributed by atoms with Gasteiger partial charge < -0.3 is 9.47 Å². The number of aromatic nitrogens is 4. The standard InChI is InChI=1S/C24H19FN6O3/c25-18-7-19-14(6-20-21(34-23(32)31(19)20)9-30-4-3-28-29-30)5-15(18)13-1-2-22(27-8-13)24(12-26)16-10-33-11-17(16)24/h1-5,7-8,16-17,20-21H,6,9-11H2/t16?,17?,20-,21?,24?/m0/s1. The Kier molecular flexibility index (Phi) is 3.94. The summed E-state index contributed by atoms with van der Waals surface area (Å²) in [5.74, 6) is -0.0642. The average Bonchev–Trinajstić information content (AvgIpc) is 3.45. The number of fused-ring (bicyclic) bond motifs is 4. The number of ether oxygens (including phenoxy) is 2. The summed E-state index contributed by atoms with van der Waals surface area (Å²) in [6, 6.07) is 9.05. The van der Waals surface area contributed by atoms with E-state index in [2.05, 4.69) is 21.4 Å². The van der Waals surface area contributed by atoms with Gasteiger partial charge in [0.2, 0.25) is 0 Å². The molecule has 1 aliphatic carbocycles. The van der Waals surface area contributed by atoms with Gasteiger partial charge in [-0.3, -0.25) is 9.88 Å². The number of benzene rings is 1. The van der Waals surface area contributed by atoms with E-state index < -0.39 is 23.4 Å². The molecule has 0 spiro atoms. The Morgan fingerprint density at radius 1 is 1.26 bits per heavy atom. The second kappa shape index (κ2) is 6.84. The van der Waals surface area contributed by atoms with Gasteiger partial charge in [-0.25, -0.2) is 13.9 Å². The van der Waals surface area contributed by atoms with Gasteiger partial charge in [-0.2, -0.15) is 5.26 Å². The lowest BCUT2D eigenvalue weighted by atomic mass is 9.95. The zero-order valence-electron chi connectivity index (χ0n) is 18.0. The highest BCUT2D eigenvalue weighted by Gasteiger charge is 2.70. The van der Waals surface area contributed by atoms with Crippen molar-refractivity contribution in [3.8, 4) is 17.2 Å². The molecule has 34 heavy (non-hydrogen) atoms. The van der Waals surface area contributed by atoms with E-state index in [1.807, 2.05) is 12.1 Å². The maximum absolute atomic E-state index is 15.2. The van der Waals surface area contributed by atoms with Gasteiger partial charge in [-0.15, -0.1) is 5.10 Å². The first-order valence-corrected chi connectivity index (χ1v) is 11.2. The minimum absolute atomic E-state index is 0.186. The molecule has 1 saturated carbocycles. The summed E-state index contributed by atoms with van der Waals surface area (Å²) < 4.78 is 27.8. The van der Waals surface area contributed by atoms with Gasteiger partial charge in [0.1, 0.15) is 17.3 Å². The van der Waals surface area contributed by atoms with E-state index in [0.717, 1.165) is 11.3 Å². The first-order chi connectivity index (χ1) is 16.6. The van der Waals surface area contributed by atoms with Gasteiger partial charge in [0, 0.05) is 35.4 Å². The van der Waals surface area contributed by atoms with Gasteiger partial charge in [-0.1, -0.05) is 11.3 Å². The molecule has 1 amide bonds. The van der Waals surface area contributed by atoms with Crippen molar-refractivity contribution in [2.45, 2.75) is 30.5 Å². The molecule has 0 N–H and O–H groups in total. The zero-order chi connectivity index (χ0) is 23.0. The zero-order valence-corrected chi connectivity index (χ0v) is 18.0. The van der Waals surface area contributed by atoms with Gasteiger partial charge in [0.15, 0.2) is 0 Å². The van der Waals surface area contributed by atoms with E-state index in [1.165, 1.54) is 11.0 Å². The molecule has 2 aromatic heterocycles. The topological polar surface area (TPSA) is 106 Å². The maximum atomic E-state index is 15.2. The number of carbonyl (C=O) groups excluding carboxylic acids is 1. The normalized spacial score (nSPS) is 30.5. The molecule has 4 aliphatic rings. The maximum Gasteiger partial charge on any atom is 0.415 e. The van der Waals surface area contributed by atoms with Crippen molar-refractivity contribution in [1.82, 2.24) is 20.0 Å². The van der Waals surface area contributed by atoms with Crippen LogP contribution in [0.1, 0.15) is 11.3 Å². The van der Waals surface area contributed by atoms with E-state index >= 15 is 4.39 Å². The van der Waals surface area contributed by atoms with Crippen LogP contribution in [0.2, 0.25) is 0 Å². The van der Waals surface area contributed by atoms with Crippen molar-refractivity contribution < 1.29 is 18.7 Å². The largest absolute Gasteiger partial charge is 0.442 e. The van der Waals surface area contributed by atoms with E-state index in [1.54, 1.807) is 29.3 Å². The highest BCUT2D eigenvalue weighted by Crippen LogP contribution is 2.62. The summed E-state index contributed by atoms with van der Waals surface area (Å²) in [5, 5.41) is 17.5. The van der Waals surface area contributed by atoms with Crippen LogP contribution in [0.25, 0.3) is 11.1 Å². The molecular formula is C24H19FN6O3. The SMILES string of the molecule is N#CC1(c2ccc(-c3cc4c(cc3F)N3C(=O)OC(Cn5ccnn5)[C@@H]3C4)cn2)C2COCC21.